The van der Waals surface area contributed by atoms with Crippen molar-refractivity contribution in [1.29, 1.82) is 0 Å². The standard InChI is InChI=1S/C20H26N4O/c1-20(2)13-17(15-9-5-3-6-10-15)22-18-16(14-21-24(18)20)19(25)23-11-7-4-8-12-23/h3,5-6,9-10,14,17,22H,4,7-8,11-13H2,1-2H3. The van der Waals surface area contributed by atoms with Crippen LogP contribution < -0.4 is 5.32 Å². The number of carbonyl (C=O) groups is 1. The largest absolute Gasteiger partial charge is 0.363 e. The van der Waals surface area contributed by atoms with E-state index in [2.05, 4.69) is 48.5 Å². The molecule has 0 saturated carbocycles. The summed E-state index contributed by atoms with van der Waals surface area (Å²) in [6.07, 6.45) is 6.09. The molecule has 0 radical (unpaired) electrons. The van der Waals surface area contributed by atoms with Crippen LogP contribution >= 0.6 is 0 Å². The van der Waals surface area contributed by atoms with Crippen LogP contribution in [0.1, 0.15) is 61.5 Å². The van der Waals surface area contributed by atoms with Gasteiger partial charge >= 0.3 is 0 Å². The van der Waals surface area contributed by atoms with Gasteiger partial charge in [0.15, 0.2) is 0 Å². The summed E-state index contributed by atoms with van der Waals surface area (Å²) in [4.78, 5) is 15.0. The summed E-state index contributed by atoms with van der Waals surface area (Å²) in [6.45, 7) is 6.09. The van der Waals surface area contributed by atoms with Crippen LogP contribution in [-0.2, 0) is 5.54 Å². The predicted octanol–water partition coefficient (Wildman–Crippen LogP) is 3.80. The summed E-state index contributed by atoms with van der Waals surface area (Å²) >= 11 is 0. The van der Waals surface area contributed by atoms with Crippen LogP contribution in [0.4, 0.5) is 5.82 Å². The molecule has 0 spiro atoms. The summed E-state index contributed by atoms with van der Waals surface area (Å²) in [5, 5.41) is 8.15. The summed E-state index contributed by atoms with van der Waals surface area (Å²) in [5.74, 6) is 0.971. The maximum absolute atomic E-state index is 13.0. The van der Waals surface area contributed by atoms with E-state index in [4.69, 9.17) is 0 Å². The zero-order chi connectivity index (χ0) is 17.4. The summed E-state index contributed by atoms with van der Waals surface area (Å²) < 4.78 is 1.99. The maximum atomic E-state index is 13.0. The summed E-state index contributed by atoms with van der Waals surface area (Å²) in [6, 6.07) is 10.6. The zero-order valence-electron chi connectivity index (χ0n) is 15.0. The molecular formula is C20H26N4O. The third-order valence-corrected chi connectivity index (χ3v) is 5.43. The smallest absolute Gasteiger partial charge is 0.259 e. The molecule has 2 aliphatic heterocycles. The monoisotopic (exact) mass is 338 g/mol. The summed E-state index contributed by atoms with van der Waals surface area (Å²) in [5.41, 5.74) is 1.82. The molecule has 1 unspecified atom stereocenters. The zero-order valence-corrected chi connectivity index (χ0v) is 15.0. The number of amides is 1. The number of hydrogen-bond donors (Lipinski definition) is 1. The number of benzene rings is 1. The third-order valence-electron chi connectivity index (χ3n) is 5.43. The van der Waals surface area contributed by atoms with Crippen LogP contribution in [0.2, 0.25) is 0 Å². The SMILES string of the molecule is CC1(C)CC(c2ccccc2)Nc2c(C(=O)N3CCCCC3)cnn21. The van der Waals surface area contributed by atoms with E-state index in [0.717, 1.165) is 38.2 Å². The Hall–Kier alpha value is -2.30. The minimum Gasteiger partial charge on any atom is -0.363 e. The van der Waals surface area contributed by atoms with Crippen molar-refractivity contribution in [1.82, 2.24) is 14.7 Å². The number of carbonyl (C=O) groups excluding carboxylic acids is 1. The van der Waals surface area contributed by atoms with E-state index in [9.17, 15) is 4.79 Å². The van der Waals surface area contributed by atoms with Crippen molar-refractivity contribution in [2.24, 2.45) is 0 Å². The highest BCUT2D eigenvalue weighted by atomic mass is 16.2. The van der Waals surface area contributed by atoms with Crippen molar-refractivity contribution in [3.05, 3.63) is 47.7 Å². The molecule has 1 amide bonds. The highest BCUT2D eigenvalue weighted by Crippen LogP contribution is 2.40. The maximum Gasteiger partial charge on any atom is 0.259 e. The van der Waals surface area contributed by atoms with E-state index < -0.39 is 0 Å². The Labute approximate surface area is 149 Å². The van der Waals surface area contributed by atoms with Crippen LogP contribution in [0.5, 0.6) is 0 Å². The first-order chi connectivity index (χ1) is 12.1. The van der Waals surface area contributed by atoms with Gasteiger partial charge in [-0.25, -0.2) is 4.68 Å². The second-order valence-corrected chi connectivity index (χ2v) is 7.80. The van der Waals surface area contributed by atoms with Crippen molar-refractivity contribution in [2.45, 2.75) is 51.1 Å². The molecule has 0 aliphatic carbocycles. The van der Waals surface area contributed by atoms with E-state index in [1.54, 1.807) is 6.20 Å². The van der Waals surface area contributed by atoms with Crippen LogP contribution in [-0.4, -0.2) is 33.7 Å². The second kappa shape index (κ2) is 6.21. The van der Waals surface area contributed by atoms with Gasteiger partial charge in [-0.3, -0.25) is 4.79 Å². The fourth-order valence-electron chi connectivity index (χ4n) is 4.06. The molecular weight excluding hydrogens is 312 g/mol. The Morgan fingerprint density at radius 2 is 1.88 bits per heavy atom. The van der Waals surface area contributed by atoms with Gasteiger partial charge in [-0.1, -0.05) is 30.3 Å². The number of likely N-dealkylation sites (tertiary alicyclic amines) is 1. The van der Waals surface area contributed by atoms with E-state index in [1.165, 1.54) is 12.0 Å². The van der Waals surface area contributed by atoms with E-state index in [0.29, 0.717) is 5.56 Å². The van der Waals surface area contributed by atoms with Crippen LogP contribution in [0.25, 0.3) is 0 Å². The lowest BCUT2D eigenvalue weighted by atomic mass is 9.89. The van der Waals surface area contributed by atoms with Gasteiger partial charge in [0.1, 0.15) is 11.4 Å². The fraction of sp³-hybridized carbons (Fsp3) is 0.500. The molecule has 2 aromatic rings. The molecule has 5 nitrogen and oxygen atoms in total. The molecule has 132 valence electrons. The Morgan fingerprint density at radius 1 is 1.16 bits per heavy atom. The quantitative estimate of drug-likeness (QED) is 0.906. The van der Waals surface area contributed by atoms with Crippen molar-refractivity contribution in [2.75, 3.05) is 18.4 Å². The number of fused-ring (bicyclic) bond motifs is 1. The van der Waals surface area contributed by atoms with Gasteiger partial charge in [-0.2, -0.15) is 5.10 Å². The number of hydrogen-bond acceptors (Lipinski definition) is 3. The number of aromatic nitrogens is 2. The Kier molecular flexibility index (Phi) is 4.02. The van der Waals surface area contributed by atoms with Gasteiger partial charge in [-0.05, 0) is 45.1 Å². The van der Waals surface area contributed by atoms with E-state index >= 15 is 0 Å². The lowest BCUT2D eigenvalue weighted by Crippen LogP contribution is -2.39. The van der Waals surface area contributed by atoms with Gasteiger partial charge in [0.05, 0.1) is 17.8 Å². The van der Waals surface area contributed by atoms with Crippen LogP contribution in [0, 0.1) is 0 Å². The molecule has 4 rings (SSSR count). The molecule has 1 saturated heterocycles. The lowest BCUT2D eigenvalue weighted by Gasteiger charge is -2.38. The minimum absolute atomic E-state index is 0.109. The minimum atomic E-state index is -0.137. The van der Waals surface area contributed by atoms with Crippen molar-refractivity contribution in [3.8, 4) is 0 Å². The van der Waals surface area contributed by atoms with Gasteiger partial charge in [0.25, 0.3) is 5.91 Å². The van der Waals surface area contributed by atoms with Crippen molar-refractivity contribution < 1.29 is 4.79 Å². The van der Waals surface area contributed by atoms with Gasteiger partial charge in [0, 0.05) is 13.1 Å². The lowest BCUT2D eigenvalue weighted by molar-refractivity contribution is 0.0725. The molecule has 1 aromatic carbocycles. The highest BCUT2D eigenvalue weighted by molar-refractivity contribution is 5.99. The van der Waals surface area contributed by atoms with Gasteiger partial charge in [0.2, 0.25) is 0 Å². The van der Waals surface area contributed by atoms with Crippen molar-refractivity contribution in [3.63, 3.8) is 0 Å². The molecule has 25 heavy (non-hydrogen) atoms. The number of nitrogens with one attached hydrogen (secondary N) is 1. The van der Waals surface area contributed by atoms with E-state index in [1.807, 2.05) is 15.6 Å². The molecule has 3 heterocycles. The van der Waals surface area contributed by atoms with Crippen LogP contribution in [0.15, 0.2) is 36.5 Å². The molecule has 1 fully saturated rings. The Bertz CT molecular complexity index is 759. The molecule has 1 N–H and O–H groups in total. The van der Waals surface area contributed by atoms with Crippen LogP contribution in [0.3, 0.4) is 0 Å². The molecule has 2 aliphatic rings. The first-order valence-corrected chi connectivity index (χ1v) is 9.25. The number of piperidine rings is 1. The first kappa shape index (κ1) is 16.2. The molecule has 1 aromatic heterocycles. The first-order valence-electron chi connectivity index (χ1n) is 9.25. The predicted molar refractivity (Wildman–Crippen MR) is 98.7 cm³/mol. The number of anilines is 1. The second-order valence-electron chi connectivity index (χ2n) is 7.80. The van der Waals surface area contributed by atoms with Gasteiger partial charge < -0.3 is 10.2 Å². The Morgan fingerprint density at radius 3 is 2.60 bits per heavy atom. The van der Waals surface area contributed by atoms with E-state index in [-0.39, 0.29) is 17.5 Å². The third kappa shape index (κ3) is 2.92. The fourth-order valence-corrected chi connectivity index (χ4v) is 4.06. The molecule has 5 heteroatoms. The normalized spacial score (nSPS) is 22.2. The molecule has 1 atom stereocenters. The topological polar surface area (TPSA) is 50.2 Å². The highest BCUT2D eigenvalue weighted by Gasteiger charge is 2.37. The molecule has 0 bridgehead atoms. The number of nitrogens with zero attached hydrogens (tertiary/aromatic N) is 3. The summed E-state index contributed by atoms with van der Waals surface area (Å²) in [7, 11) is 0. The van der Waals surface area contributed by atoms with Crippen molar-refractivity contribution >= 4 is 11.7 Å². The average Bonchev–Trinajstić information content (AvgIpc) is 3.07. The Balaban J connectivity index is 1.68. The average molecular weight is 338 g/mol. The number of rotatable bonds is 2. The van der Waals surface area contributed by atoms with Gasteiger partial charge in [-0.15, -0.1) is 0 Å².